The van der Waals surface area contributed by atoms with Gasteiger partial charge < -0.3 is 15.7 Å². The van der Waals surface area contributed by atoms with Crippen molar-refractivity contribution in [3.8, 4) is 0 Å². The van der Waals surface area contributed by atoms with E-state index in [0.29, 0.717) is 18.8 Å². The number of carbonyl (C=O) groups excluding carboxylic acids is 1. The molecule has 0 spiro atoms. The SMILES string of the molecule is CC1(O)CC(NC(=O)NC2CC(c3ccc(Br)cc3)C2)C1. The zero-order valence-electron chi connectivity index (χ0n) is 12.1. The van der Waals surface area contributed by atoms with Crippen LogP contribution in [-0.4, -0.2) is 28.8 Å². The number of carbonyl (C=O) groups is 1. The van der Waals surface area contributed by atoms with Crippen LogP contribution in [0.1, 0.15) is 44.1 Å². The third-order valence-corrected chi connectivity index (χ3v) is 5.05. The van der Waals surface area contributed by atoms with E-state index in [9.17, 15) is 9.90 Å². The van der Waals surface area contributed by atoms with Crippen LogP contribution < -0.4 is 10.6 Å². The van der Waals surface area contributed by atoms with E-state index in [1.165, 1.54) is 5.56 Å². The lowest BCUT2D eigenvalue weighted by Crippen LogP contribution is -2.57. The molecule has 3 N–H and O–H groups in total. The second kappa shape index (κ2) is 5.61. The van der Waals surface area contributed by atoms with Gasteiger partial charge in [0, 0.05) is 16.6 Å². The van der Waals surface area contributed by atoms with E-state index in [2.05, 4.69) is 50.8 Å². The Kier molecular flexibility index (Phi) is 3.97. The summed E-state index contributed by atoms with van der Waals surface area (Å²) in [7, 11) is 0. The molecular weight excluding hydrogens is 332 g/mol. The van der Waals surface area contributed by atoms with Crippen molar-refractivity contribution in [1.82, 2.24) is 10.6 Å². The van der Waals surface area contributed by atoms with Crippen LogP contribution in [0.4, 0.5) is 4.79 Å². The zero-order chi connectivity index (χ0) is 15.0. The molecule has 114 valence electrons. The fraction of sp³-hybridized carbons (Fsp3) is 0.562. The third kappa shape index (κ3) is 3.58. The van der Waals surface area contributed by atoms with Crippen LogP contribution in [-0.2, 0) is 0 Å². The third-order valence-electron chi connectivity index (χ3n) is 4.52. The number of rotatable bonds is 3. The molecule has 0 saturated heterocycles. The van der Waals surface area contributed by atoms with Crippen LogP contribution in [0.3, 0.4) is 0 Å². The number of benzene rings is 1. The second-order valence-electron chi connectivity index (χ2n) is 6.64. The lowest BCUT2D eigenvalue weighted by atomic mass is 9.76. The van der Waals surface area contributed by atoms with Gasteiger partial charge in [-0.05, 0) is 56.2 Å². The molecule has 1 aromatic carbocycles. The molecule has 2 aliphatic rings. The highest BCUT2D eigenvalue weighted by molar-refractivity contribution is 9.10. The maximum atomic E-state index is 11.8. The topological polar surface area (TPSA) is 61.4 Å². The average molecular weight is 353 g/mol. The molecule has 0 radical (unpaired) electrons. The van der Waals surface area contributed by atoms with E-state index in [-0.39, 0.29) is 18.1 Å². The van der Waals surface area contributed by atoms with E-state index in [0.717, 1.165) is 17.3 Å². The molecule has 2 amide bonds. The van der Waals surface area contributed by atoms with Gasteiger partial charge in [0.2, 0.25) is 0 Å². The van der Waals surface area contributed by atoms with Gasteiger partial charge >= 0.3 is 6.03 Å². The number of urea groups is 1. The minimum Gasteiger partial charge on any atom is -0.390 e. The van der Waals surface area contributed by atoms with Crippen LogP contribution in [0.15, 0.2) is 28.7 Å². The molecule has 0 unspecified atom stereocenters. The Bertz CT molecular complexity index is 516. The first kappa shape index (κ1) is 14.9. The molecule has 0 aromatic heterocycles. The lowest BCUT2D eigenvalue weighted by Gasteiger charge is -2.42. The van der Waals surface area contributed by atoms with Crippen molar-refractivity contribution in [2.45, 2.75) is 56.2 Å². The van der Waals surface area contributed by atoms with Crippen molar-refractivity contribution in [2.24, 2.45) is 0 Å². The molecule has 0 heterocycles. The summed E-state index contributed by atoms with van der Waals surface area (Å²) >= 11 is 3.44. The van der Waals surface area contributed by atoms with Gasteiger partial charge in [-0.3, -0.25) is 0 Å². The smallest absolute Gasteiger partial charge is 0.315 e. The van der Waals surface area contributed by atoms with Crippen LogP contribution >= 0.6 is 15.9 Å². The normalized spacial score (nSPS) is 34.5. The largest absolute Gasteiger partial charge is 0.390 e. The molecule has 1 aromatic rings. The molecule has 4 nitrogen and oxygen atoms in total. The Morgan fingerprint density at radius 2 is 1.76 bits per heavy atom. The lowest BCUT2D eigenvalue weighted by molar-refractivity contribution is -0.0356. The maximum Gasteiger partial charge on any atom is 0.315 e. The molecule has 5 heteroatoms. The molecule has 21 heavy (non-hydrogen) atoms. The van der Waals surface area contributed by atoms with E-state index >= 15 is 0 Å². The first-order chi connectivity index (χ1) is 9.91. The zero-order valence-corrected chi connectivity index (χ0v) is 13.7. The van der Waals surface area contributed by atoms with Crippen molar-refractivity contribution >= 4 is 22.0 Å². The highest BCUT2D eigenvalue weighted by Crippen LogP contribution is 2.37. The number of aliphatic hydroxyl groups is 1. The first-order valence-electron chi connectivity index (χ1n) is 7.46. The van der Waals surface area contributed by atoms with E-state index in [1.54, 1.807) is 6.92 Å². The van der Waals surface area contributed by atoms with Crippen molar-refractivity contribution in [1.29, 1.82) is 0 Å². The molecule has 2 fully saturated rings. The van der Waals surface area contributed by atoms with Gasteiger partial charge in [0.1, 0.15) is 0 Å². The summed E-state index contributed by atoms with van der Waals surface area (Å²) in [5.74, 6) is 0.549. The number of amides is 2. The van der Waals surface area contributed by atoms with Crippen LogP contribution in [0.25, 0.3) is 0 Å². The van der Waals surface area contributed by atoms with Crippen LogP contribution in [0.2, 0.25) is 0 Å². The van der Waals surface area contributed by atoms with Gasteiger partial charge in [0.05, 0.1) is 5.60 Å². The summed E-state index contributed by atoms with van der Waals surface area (Å²) in [4.78, 5) is 11.8. The number of hydrogen-bond donors (Lipinski definition) is 3. The van der Waals surface area contributed by atoms with Crippen molar-refractivity contribution in [3.05, 3.63) is 34.3 Å². The van der Waals surface area contributed by atoms with E-state index < -0.39 is 5.60 Å². The van der Waals surface area contributed by atoms with Crippen molar-refractivity contribution in [2.75, 3.05) is 0 Å². The van der Waals surface area contributed by atoms with Crippen LogP contribution in [0.5, 0.6) is 0 Å². The molecule has 0 atom stereocenters. The summed E-state index contributed by atoms with van der Waals surface area (Å²) in [6, 6.07) is 8.68. The summed E-state index contributed by atoms with van der Waals surface area (Å²) in [5, 5.41) is 15.6. The van der Waals surface area contributed by atoms with Crippen molar-refractivity contribution in [3.63, 3.8) is 0 Å². The maximum absolute atomic E-state index is 11.8. The van der Waals surface area contributed by atoms with E-state index in [1.807, 2.05) is 0 Å². The Hall–Kier alpha value is -1.07. The average Bonchev–Trinajstić information content (AvgIpc) is 2.32. The van der Waals surface area contributed by atoms with Crippen LogP contribution in [0, 0.1) is 0 Å². The monoisotopic (exact) mass is 352 g/mol. The molecule has 2 aliphatic carbocycles. The first-order valence-corrected chi connectivity index (χ1v) is 8.25. The summed E-state index contributed by atoms with van der Waals surface area (Å²) in [5.41, 5.74) is 0.743. The van der Waals surface area contributed by atoms with Gasteiger partial charge in [-0.1, -0.05) is 28.1 Å². The standard InChI is InChI=1S/C16H21BrN2O2/c1-16(21)8-14(9-16)19-15(20)18-13-6-11(7-13)10-2-4-12(17)5-3-10/h2-5,11,13-14,21H,6-9H2,1H3,(H2,18,19,20). The molecular formula is C16H21BrN2O2. The molecule has 0 bridgehead atoms. The second-order valence-corrected chi connectivity index (χ2v) is 7.55. The number of nitrogens with one attached hydrogen (secondary N) is 2. The Morgan fingerprint density at radius 1 is 1.19 bits per heavy atom. The number of halogens is 1. The van der Waals surface area contributed by atoms with Gasteiger partial charge in [0.25, 0.3) is 0 Å². The van der Waals surface area contributed by atoms with Gasteiger partial charge in [-0.15, -0.1) is 0 Å². The van der Waals surface area contributed by atoms with Gasteiger partial charge in [-0.25, -0.2) is 4.79 Å². The molecule has 3 rings (SSSR count). The molecule has 2 saturated carbocycles. The predicted molar refractivity (Wildman–Crippen MR) is 85.2 cm³/mol. The minimum absolute atomic E-state index is 0.102. The number of hydrogen-bond acceptors (Lipinski definition) is 2. The Balaban J connectivity index is 1.39. The minimum atomic E-state index is -0.596. The predicted octanol–water partition coefficient (Wildman–Crippen LogP) is 2.91. The van der Waals surface area contributed by atoms with Crippen molar-refractivity contribution < 1.29 is 9.90 Å². The van der Waals surface area contributed by atoms with Gasteiger partial charge in [-0.2, -0.15) is 0 Å². The summed E-state index contributed by atoms with van der Waals surface area (Å²) < 4.78 is 1.09. The van der Waals surface area contributed by atoms with E-state index in [4.69, 9.17) is 0 Å². The Labute approximate surface area is 133 Å². The summed E-state index contributed by atoms with van der Waals surface area (Å²) in [6.07, 6.45) is 3.29. The molecule has 0 aliphatic heterocycles. The fourth-order valence-corrected chi connectivity index (χ4v) is 3.52. The quantitative estimate of drug-likeness (QED) is 0.783. The summed E-state index contributed by atoms with van der Waals surface area (Å²) in [6.45, 7) is 1.80. The Morgan fingerprint density at radius 3 is 2.33 bits per heavy atom. The highest BCUT2D eigenvalue weighted by Gasteiger charge is 2.39. The highest BCUT2D eigenvalue weighted by atomic mass is 79.9. The van der Waals surface area contributed by atoms with Gasteiger partial charge in [0.15, 0.2) is 0 Å². The fourth-order valence-electron chi connectivity index (χ4n) is 3.26.